The summed E-state index contributed by atoms with van der Waals surface area (Å²) in [5.41, 5.74) is 0. The first-order valence-electron chi connectivity index (χ1n) is 9.13. The van der Waals surface area contributed by atoms with Gasteiger partial charge in [0.2, 0.25) is 16.9 Å². The molecule has 140 valence electrons. The van der Waals surface area contributed by atoms with Crippen LogP contribution in [0.25, 0.3) is 0 Å². The third-order valence-electron chi connectivity index (χ3n) is 5.29. The minimum absolute atomic E-state index is 0.102. The summed E-state index contributed by atoms with van der Waals surface area (Å²) in [5, 5.41) is 4.18. The highest BCUT2D eigenvalue weighted by Gasteiger charge is 2.38. The molecule has 2 amide bonds. The Morgan fingerprint density at radius 1 is 1.12 bits per heavy atom. The molecule has 8 nitrogen and oxygen atoms in total. The normalized spacial score (nSPS) is 26.0. The number of rotatable bonds is 3. The van der Waals surface area contributed by atoms with Crippen LogP contribution in [0.15, 0.2) is 12.2 Å². The van der Waals surface area contributed by atoms with Gasteiger partial charge in [0.05, 0.1) is 12.0 Å². The number of amides is 2. The van der Waals surface area contributed by atoms with Gasteiger partial charge in [0, 0.05) is 57.3 Å². The highest BCUT2D eigenvalue weighted by molar-refractivity contribution is 7.09. The average molecular weight is 376 g/mol. The van der Waals surface area contributed by atoms with Gasteiger partial charge in [-0.15, -0.1) is 0 Å². The molecule has 0 spiro atoms. The van der Waals surface area contributed by atoms with Crippen molar-refractivity contribution in [2.24, 2.45) is 5.92 Å². The van der Waals surface area contributed by atoms with E-state index in [4.69, 9.17) is 0 Å². The molecule has 0 bridgehead atoms. The maximum atomic E-state index is 12.8. The summed E-state index contributed by atoms with van der Waals surface area (Å²) in [4.78, 5) is 35.7. The highest BCUT2D eigenvalue weighted by atomic mass is 32.1. The molecule has 26 heavy (non-hydrogen) atoms. The largest absolute Gasteiger partial charge is 0.343 e. The Bertz CT molecular complexity index is 704. The fourth-order valence-corrected chi connectivity index (χ4v) is 4.51. The van der Waals surface area contributed by atoms with Crippen molar-refractivity contribution in [1.29, 1.82) is 0 Å². The van der Waals surface area contributed by atoms with Crippen LogP contribution < -0.4 is 10.2 Å². The number of aryl methyl sites for hydroxylation is 1. The second kappa shape index (κ2) is 7.32. The zero-order valence-corrected chi connectivity index (χ0v) is 15.7. The molecular weight excluding hydrogens is 352 g/mol. The van der Waals surface area contributed by atoms with Crippen LogP contribution in [-0.2, 0) is 9.59 Å². The molecule has 0 aliphatic carbocycles. The first-order chi connectivity index (χ1) is 12.6. The third kappa shape index (κ3) is 3.45. The van der Waals surface area contributed by atoms with E-state index in [9.17, 15) is 9.59 Å². The van der Waals surface area contributed by atoms with Gasteiger partial charge in [-0.3, -0.25) is 9.59 Å². The van der Waals surface area contributed by atoms with Crippen LogP contribution in [0.1, 0.15) is 12.2 Å². The molecule has 9 heteroatoms. The molecule has 1 N–H and O–H groups in total. The van der Waals surface area contributed by atoms with E-state index in [0.29, 0.717) is 39.1 Å². The Morgan fingerprint density at radius 3 is 2.50 bits per heavy atom. The van der Waals surface area contributed by atoms with Crippen molar-refractivity contribution in [2.75, 3.05) is 50.7 Å². The van der Waals surface area contributed by atoms with E-state index in [1.807, 2.05) is 28.9 Å². The van der Waals surface area contributed by atoms with Crippen LogP contribution in [0, 0.1) is 12.8 Å². The van der Waals surface area contributed by atoms with Gasteiger partial charge in [0.1, 0.15) is 5.82 Å². The molecule has 3 aliphatic heterocycles. The van der Waals surface area contributed by atoms with E-state index in [1.54, 1.807) is 0 Å². The van der Waals surface area contributed by atoms with Crippen molar-refractivity contribution in [3.05, 3.63) is 18.0 Å². The Kier molecular flexibility index (Phi) is 4.90. The van der Waals surface area contributed by atoms with Gasteiger partial charge in [0.25, 0.3) is 0 Å². The summed E-state index contributed by atoms with van der Waals surface area (Å²) in [6.07, 6.45) is 4.62. The number of nitrogens with zero attached hydrogens (tertiary/aromatic N) is 5. The van der Waals surface area contributed by atoms with Crippen LogP contribution in [0.3, 0.4) is 0 Å². The van der Waals surface area contributed by atoms with E-state index in [0.717, 1.165) is 24.0 Å². The Morgan fingerprint density at radius 2 is 1.85 bits per heavy atom. The van der Waals surface area contributed by atoms with E-state index in [-0.39, 0.29) is 23.8 Å². The second-order valence-electron chi connectivity index (χ2n) is 7.04. The minimum atomic E-state index is -0.227. The number of aromatic nitrogens is 2. The lowest BCUT2D eigenvalue weighted by Crippen LogP contribution is -2.50. The maximum Gasteiger partial charge on any atom is 0.240 e. The van der Waals surface area contributed by atoms with E-state index < -0.39 is 0 Å². The summed E-state index contributed by atoms with van der Waals surface area (Å²) in [5.74, 6) is 0.974. The number of anilines is 1. The summed E-state index contributed by atoms with van der Waals surface area (Å²) in [6, 6.07) is -0.227. The van der Waals surface area contributed by atoms with Gasteiger partial charge in [0.15, 0.2) is 0 Å². The van der Waals surface area contributed by atoms with Crippen molar-refractivity contribution in [1.82, 2.24) is 24.5 Å². The molecule has 4 rings (SSSR count). The molecule has 2 fully saturated rings. The van der Waals surface area contributed by atoms with E-state index >= 15 is 0 Å². The SMILES string of the molecule is Cc1nsc(N2CCN(C(=O)[C@@H]3CN[C@H](C(=O)N4CC=CC4)C3)CC2)n1. The molecule has 1 aromatic rings. The minimum Gasteiger partial charge on any atom is -0.343 e. The zero-order chi connectivity index (χ0) is 18.1. The predicted octanol–water partition coefficient (Wildman–Crippen LogP) is -0.128. The van der Waals surface area contributed by atoms with Gasteiger partial charge in [-0.1, -0.05) is 12.2 Å². The molecule has 1 aromatic heterocycles. The van der Waals surface area contributed by atoms with Crippen LogP contribution in [0.2, 0.25) is 0 Å². The fraction of sp³-hybridized carbons (Fsp3) is 0.647. The molecule has 2 saturated heterocycles. The smallest absolute Gasteiger partial charge is 0.240 e. The fourth-order valence-electron chi connectivity index (χ4n) is 3.78. The van der Waals surface area contributed by atoms with Gasteiger partial charge < -0.3 is 20.0 Å². The number of carbonyl (C=O) groups is 2. The van der Waals surface area contributed by atoms with Gasteiger partial charge >= 0.3 is 0 Å². The Balaban J connectivity index is 1.28. The van der Waals surface area contributed by atoms with E-state index in [2.05, 4.69) is 19.6 Å². The number of hydrogen-bond acceptors (Lipinski definition) is 7. The molecule has 3 aliphatic rings. The predicted molar refractivity (Wildman–Crippen MR) is 99.1 cm³/mol. The number of hydrogen-bond donors (Lipinski definition) is 1. The first-order valence-corrected chi connectivity index (χ1v) is 9.90. The van der Waals surface area contributed by atoms with Crippen LogP contribution >= 0.6 is 11.5 Å². The maximum absolute atomic E-state index is 12.8. The van der Waals surface area contributed by atoms with Crippen molar-refractivity contribution in [3.63, 3.8) is 0 Å². The number of carbonyl (C=O) groups excluding carboxylic acids is 2. The van der Waals surface area contributed by atoms with Crippen molar-refractivity contribution in [2.45, 2.75) is 19.4 Å². The monoisotopic (exact) mass is 376 g/mol. The highest BCUT2D eigenvalue weighted by Crippen LogP contribution is 2.22. The van der Waals surface area contributed by atoms with Crippen LogP contribution in [0.5, 0.6) is 0 Å². The average Bonchev–Trinajstić information content (AvgIpc) is 3.42. The Hall–Kier alpha value is -2.00. The van der Waals surface area contributed by atoms with Crippen molar-refractivity contribution in [3.8, 4) is 0 Å². The lowest BCUT2D eigenvalue weighted by atomic mass is 10.0. The standard InChI is InChI=1S/C17H24N6O2S/c1-12-19-17(26-20-12)23-8-6-22(7-9-23)15(24)13-10-14(18-11-13)16(25)21-4-2-3-5-21/h2-3,13-14,18H,4-11H2,1H3/t13-,14-/m0/s1. The van der Waals surface area contributed by atoms with Gasteiger partial charge in [-0.25, -0.2) is 4.98 Å². The lowest BCUT2D eigenvalue weighted by Gasteiger charge is -2.35. The second-order valence-corrected chi connectivity index (χ2v) is 7.77. The zero-order valence-electron chi connectivity index (χ0n) is 14.9. The van der Waals surface area contributed by atoms with Crippen LogP contribution in [0.4, 0.5) is 5.13 Å². The molecule has 0 saturated carbocycles. The number of piperazine rings is 1. The molecule has 4 heterocycles. The Labute approximate surface area is 157 Å². The van der Waals surface area contributed by atoms with Crippen LogP contribution in [-0.4, -0.2) is 82.8 Å². The van der Waals surface area contributed by atoms with Crippen molar-refractivity contribution >= 4 is 28.5 Å². The van der Waals surface area contributed by atoms with Gasteiger partial charge in [-0.2, -0.15) is 4.37 Å². The lowest BCUT2D eigenvalue weighted by molar-refractivity contribution is -0.135. The van der Waals surface area contributed by atoms with E-state index in [1.165, 1.54) is 11.5 Å². The van der Waals surface area contributed by atoms with Crippen molar-refractivity contribution < 1.29 is 9.59 Å². The first kappa shape index (κ1) is 17.4. The summed E-state index contributed by atoms with van der Waals surface area (Å²) < 4.78 is 4.23. The molecule has 2 atom stereocenters. The summed E-state index contributed by atoms with van der Waals surface area (Å²) in [6.45, 7) is 6.80. The molecule has 0 aromatic carbocycles. The summed E-state index contributed by atoms with van der Waals surface area (Å²) >= 11 is 1.41. The molecule has 0 radical (unpaired) electrons. The topological polar surface area (TPSA) is 81.7 Å². The number of nitrogens with one attached hydrogen (secondary N) is 1. The quantitative estimate of drug-likeness (QED) is 0.741. The summed E-state index contributed by atoms with van der Waals surface area (Å²) in [7, 11) is 0. The van der Waals surface area contributed by atoms with Gasteiger partial charge in [-0.05, 0) is 13.3 Å². The molecule has 0 unspecified atom stereocenters. The third-order valence-corrected chi connectivity index (χ3v) is 6.16. The molecular formula is C17H24N6O2S.